The van der Waals surface area contributed by atoms with Gasteiger partial charge in [-0.15, -0.1) is 11.3 Å². The standard InChI is InChI=1S/C27H34N4O4S2/c1-16(2)35-27(32)29-19-6-4-18(5-7-19)23-12-13-24(36-23)22-11-8-20(28-26-14-17(3)30-31-26)15-25(22)37(33,34)21-9-10-21/h8,11-16,18-19,21H,4-7,9-10H2,1-3H3,(H,29,32)(H2,28,30,31)/t18-,19-. The summed E-state index contributed by atoms with van der Waals surface area (Å²) in [6.45, 7) is 5.61. The number of alkyl carbamates (subject to hydrolysis) is 1. The van der Waals surface area contributed by atoms with E-state index >= 15 is 0 Å². The summed E-state index contributed by atoms with van der Waals surface area (Å²) in [6.07, 6.45) is 4.72. The zero-order valence-corrected chi connectivity index (χ0v) is 23.0. The number of ether oxygens (including phenoxy) is 1. The smallest absolute Gasteiger partial charge is 0.407 e. The average Bonchev–Trinajstić information content (AvgIpc) is 3.48. The van der Waals surface area contributed by atoms with E-state index in [1.807, 2.05) is 39.0 Å². The van der Waals surface area contributed by atoms with Crippen LogP contribution in [0.5, 0.6) is 0 Å². The third-order valence-corrected chi connectivity index (χ3v) is 10.5. The van der Waals surface area contributed by atoms with Gasteiger partial charge in [0.1, 0.15) is 0 Å². The van der Waals surface area contributed by atoms with E-state index < -0.39 is 9.84 Å². The number of hydrogen-bond acceptors (Lipinski definition) is 7. The summed E-state index contributed by atoms with van der Waals surface area (Å²) in [5.41, 5.74) is 2.39. The Labute approximate surface area is 222 Å². The summed E-state index contributed by atoms with van der Waals surface area (Å²) >= 11 is 1.68. The van der Waals surface area contributed by atoms with E-state index in [4.69, 9.17) is 4.74 Å². The van der Waals surface area contributed by atoms with Gasteiger partial charge < -0.3 is 15.4 Å². The molecule has 2 heterocycles. The molecular weight excluding hydrogens is 508 g/mol. The van der Waals surface area contributed by atoms with Crippen LogP contribution in [-0.2, 0) is 14.6 Å². The van der Waals surface area contributed by atoms with Gasteiger partial charge in [-0.25, -0.2) is 13.2 Å². The summed E-state index contributed by atoms with van der Waals surface area (Å²) < 4.78 is 32.0. The summed E-state index contributed by atoms with van der Waals surface area (Å²) in [7, 11) is -3.41. The van der Waals surface area contributed by atoms with Crippen molar-refractivity contribution in [3.05, 3.63) is 47.0 Å². The Morgan fingerprint density at radius 3 is 2.49 bits per heavy atom. The van der Waals surface area contributed by atoms with Crippen LogP contribution >= 0.6 is 11.3 Å². The maximum Gasteiger partial charge on any atom is 0.407 e. The number of hydrogen-bond donors (Lipinski definition) is 3. The Morgan fingerprint density at radius 1 is 1.08 bits per heavy atom. The minimum Gasteiger partial charge on any atom is -0.447 e. The maximum atomic E-state index is 13.4. The highest BCUT2D eigenvalue weighted by Crippen LogP contribution is 2.44. The molecule has 1 aromatic carbocycles. The molecule has 3 N–H and O–H groups in total. The zero-order chi connectivity index (χ0) is 26.2. The number of benzene rings is 1. The number of carbonyl (C=O) groups excluding carboxylic acids is 1. The van der Waals surface area contributed by atoms with Crippen molar-refractivity contribution >= 4 is 38.8 Å². The number of aromatic nitrogens is 2. The summed E-state index contributed by atoms with van der Waals surface area (Å²) in [5, 5.41) is 13.0. The summed E-state index contributed by atoms with van der Waals surface area (Å²) in [5.74, 6) is 1.06. The van der Waals surface area contributed by atoms with Gasteiger partial charge in [-0.05, 0) is 89.5 Å². The number of nitrogens with one attached hydrogen (secondary N) is 3. The lowest BCUT2D eigenvalue weighted by molar-refractivity contribution is 0.109. The molecule has 2 aliphatic carbocycles. The lowest BCUT2D eigenvalue weighted by Crippen LogP contribution is -2.38. The van der Waals surface area contributed by atoms with Crippen LogP contribution in [0.4, 0.5) is 16.3 Å². The number of sulfone groups is 1. The van der Waals surface area contributed by atoms with Crippen LogP contribution in [0.15, 0.2) is 41.3 Å². The normalized spacial score (nSPS) is 20.1. The van der Waals surface area contributed by atoms with Crippen molar-refractivity contribution < 1.29 is 17.9 Å². The SMILES string of the molecule is Cc1cc(Nc2ccc(-c3ccc([C@H]4CC[C@H](NC(=O)OC(C)C)CC4)s3)c(S(=O)(=O)C3CC3)c2)n[nH]1. The Morgan fingerprint density at radius 2 is 1.84 bits per heavy atom. The van der Waals surface area contributed by atoms with Crippen molar-refractivity contribution in [2.45, 2.75) is 87.5 Å². The lowest BCUT2D eigenvalue weighted by Gasteiger charge is -2.28. The molecule has 8 nitrogen and oxygen atoms in total. The molecule has 0 bridgehead atoms. The number of carbonyl (C=O) groups is 1. The molecule has 198 valence electrons. The first-order valence-electron chi connectivity index (χ1n) is 12.9. The van der Waals surface area contributed by atoms with Gasteiger partial charge in [0.25, 0.3) is 0 Å². The molecule has 0 saturated heterocycles. The molecule has 2 saturated carbocycles. The second kappa shape index (κ2) is 10.5. The first kappa shape index (κ1) is 25.8. The van der Waals surface area contributed by atoms with Gasteiger partial charge in [0.15, 0.2) is 15.7 Å². The predicted molar refractivity (Wildman–Crippen MR) is 146 cm³/mol. The van der Waals surface area contributed by atoms with Crippen LogP contribution in [0, 0.1) is 6.92 Å². The average molecular weight is 543 g/mol. The lowest BCUT2D eigenvalue weighted by atomic mass is 9.85. The molecule has 1 amide bonds. The molecule has 0 aliphatic heterocycles. The van der Waals surface area contributed by atoms with Crippen LogP contribution < -0.4 is 10.6 Å². The first-order valence-corrected chi connectivity index (χ1v) is 15.3. The van der Waals surface area contributed by atoms with Crippen molar-refractivity contribution in [1.29, 1.82) is 0 Å². The van der Waals surface area contributed by atoms with Gasteiger partial charge >= 0.3 is 6.09 Å². The molecule has 5 rings (SSSR count). The quantitative estimate of drug-likeness (QED) is 0.308. The van der Waals surface area contributed by atoms with E-state index in [-0.39, 0.29) is 23.5 Å². The molecule has 0 atom stereocenters. The highest BCUT2D eigenvalue weighted by Gasteiger charge is 2.38. The Bertz CT molecular complexity index is 1370. The molecule has 3 aromatic rings. The van der Waals surface area contributed by atoms with Gasteiger partial charge in [-0.1, -0.05) is 6.07 Å². The monoisotopic (exact) mass is 542 g/mol. The van der Waals surface area contributed by atoms with E-state index in [1.165, 1.54) is 4.88 Å². The molecule has 0 radical (unpaired) electrons. The number of thiophene rings is 1. The second-order valence-corrected chi connectivity index (χ2v) is 13.7. The number of anilines is 2. The maximum absolute atomic E-state index is 13.4. The minimum atomic E-state index is -3.41. The van der Waals surface area contributed by atoms with Crippen molar-refractivity contribution in [2.24, 2.45) is 0 Å². The first-order chi connectivity index (χ1) is 17.7. The molecule has 2 aromatic heterocycles. The number of amides is 1. The van der Waals surface area contributed by atoms with Gasteiger partial charge in [0, 0.05) is 38.8 Å². The Kier molecular flexibility index (Phi) is 7.31. The van der Waals surface area contributed by atoms with Crippen molar-refractivity contribution in [2.75, 3.05) is 5.32 Å². The zero-order valence-electron chi connectivity index (χ0n) is 21.4. The van der Waals surface area contributed by atoms with Crippen molar-refractivity contribution in [3.8, 4) is 10.4 Å². The van der Waals surface area contributed by atoms with Gasteiger partial charge in [0.2, 0.25) is 0 Å². The topological polar surface area (TPSA) is 113 Å². The van der Waals surface area contributed by atoms with Gasteiger partial charge in [0.05, 0.1) is 16.2 Å². The Balaban J connectivity index is 1.33. The molecule has 10 heteroatoms. The summed E-state index contributed by atoms with van der Waals surface area (Å²) in [4.78, 5) is 14.6. The van der Waals surface area contributed by atoms with Crippen LogP contribution in [0.1, 0.15) is 68.9 Å². The third-order valence-electron chi connectivity index (χ3n) is 6.92. The van der Waals surface area contributed by atoms with Crippen molar-refractivity contribution in [1.82, 2.24) is 15.5 Å². The fraction of sp³-hybridized carbons (Fsp3) is 0.481. The largest absolute Gasteiger partial charge is 0.447 e. The fourth-order valence-electron chi connectivity index (χ4n) is 4.88. The van der Waals surface area contributed by atoms with Crippen LogP contribution in [0.3, 0.4) is 0 Å². The van der Waals surface area contributed by atoms with E-state index in [1.54, 1.807) is 17.4 Å². The van der Waals surface area contributed by atoms with E-state index in [2.05, 4.69) is 33.0 Å². The second-order valence-electron chi connectivity index (χ2n) is 10.4. The van der Waals surface area contributed by atoms with Crippen LogP contribution in [0.25, 0.3) is 10.4 Å². The minimum absolute atomic E-state index is 0.131. The number of nitrogens with zero attached hydrogens (tertiary/aromatic N) is 1. The van der Waals surface area contributed by atoms with Gasteiger partial charge in [-0.2, -0.15) is 5.10 Å². The summed E-state index contributed by atoms with van der Waals surface area (Å²) in [6, 6.07) is 11.8. The van der Waals surface area contributed by atoms with Gasteiger partial charge in [-0.3, -0.25) is 5.10 Å². The molecule has 0 spiro atoms. The van der Waals surface area contributed by atoms with E-state index in [9.17, 15) is 13.2 Å². The molecule has 0 unspecified atom stereocenters. The predicted octanol–water partition coefficient (Wildman–Crippen LogP) is 6.29. The molecule has 2 fully saturated rings. The van der Waals surface area contributed by atoms with E-state index in [0.717, 1.165) is 54.7 Å². The number of aromatic amines is 1. The molecule has 37 heavy (non-hydrogen) atoms. The van der Waals surface area contributed by atoms with Crippen LogP contribution in [0.2, 0.25) is 0 Å². The Hall–Kier alpha value is -2.85. The third kappa shape index (κ3) is 6.01. The number of rotatable bonds is 8. The number of aryl methyl sites for hydroxylation is 1. The fourth-order valence-corrected chi connectivity index (χ4v) is 8.05. The van der Waals surface area contributed by atoms with Crippen LogP contribution in [-0.4, -0.2) is 42.1 Å². The number of H-pyrrole nitrogens is 1. The molecule has 2 aliphatic rings. The van der Waals surface area contributed by atoms with E-state index in [0.29, 0.717) is 22.3 Å². The highest BCUT2D eigenvalue weighted by atomic mass is 32.2. The van der Waals surface area contributed by atoms with Crippen molar-refractivity contribution in [3.63, 3.8) is 0 Å². The molecular formula is C27H34N4O4S2. The highest BCUT2D eigenvalue weighted by molar-refractivity contribution is 7.92.